The van der Waals surface area contributed by atoms with E-state index < -0.39 is 0 Å². The Morgan fingerprint density at radius 1 is 1.20 bits per heavy atom. The third-order valence-corrected chi connectivity index (χ3v) is 3.77. The highest BCUT2D eigenvalue weighted by molar-refractivity contribution is 5.28. The topological polar surface area (TPSA) is 24.5 Å². The quantitative estimate of drug-likeness (QED) is 0.739. The van der Waals surface area contributed by atoms with Crippen LogP contribution in [0.3, 0.4) is 0 Å². The zero-order chi connectivity index (χ0) is 14.0. The van der Waals surface area contributed by atoms with Gasteiger partial charge in [-0.3, -0.25) is 0 Å². The predicted octanol–water partition coefficient (Wildman–Crippen LogP) is 2.70. The van der Waals surface area contributed by atoms with Crippen molar-refractivity contribution in [1.29, 1.82) is 0 Å². The minimum atomic E-state index is 0.812. The van der Waals surface area contributed by atoms with Gasteiger partial charge in [-0.1, -0.05) is 19.1 Å². The first kappa shape index (κ1) is 15.3. The van der Waals surface area contributed by atoms with Crippen molar-refractivity contribution in [1.82, 2.24) is 10.2 Å². The molecule has 1 aliphatic rings. The normalized spacial score (nSPS) is 16.2. The van der Waals surface area contributed by atoms with Crippen LogP contribution in [0.25, 0.3) is 0 Å². The maximum atomic E-state index is 5.68. The molecule has 1 fully saturated rings. The van der Waals surface area contributed by atoms with Crippen LogP contribution >= 0.6 is 0 Å². The van der Waals surface area contributed by atoms with E-state index in [-0.39, 0.29) is 0 Å². The van der Waals surface area contributed by atoms with Gasteiger partial charge in [-0.25, -0.2) is 0 Å². The van der Waals surface area contributed by atoms with E-state index in [0.29, 0.717) is 0 Å². The van der Waals surface area contributed by atoms with Gasteiger partial charge >= 0.3 is 0 Å². The second kappa shape index (κ2) is 8.98. The van der Waals surface area contributed by atoms with Crippen LogP contribution in [0.15, 0.2) is 24.3 Å². The summed E-state index contributed by atoms with van der Waals surface area (Å²) in [5, 5.41) is 3.40. The van der Waals surface area contributed by atoms with Crippen LogP contribution in [0.4, 0.5) is 0 Å². The number of hydrogen-bond donors (Lipinski definition) is 1. The summed E-state index contributed by atoms with van der Waals surface area (Å²) in [5.74, 6) is 1.02. The minimum absolute atomic E-state index is 0.812. The van der Waals surface area contributed by atoms with E-state index in [9.17, 15) is 0 Å². The standard InChI is InChI=1S/C17H28N2O/c1-2-14-20-17-8-5-7-16(15-17)6-3-4-11-19-12-9-18-10-13-19/h5,7-8,15,18H,2-4,6,9-14H2,1H3. The van der Waals surface area contributed by atoms with Crippen molar-refractivity contribution >= 4 is 0 Å². The molecule has 2 rings (SSSR count). The molecule has 20 heavy (non-hydrogen) atoms. The molecular formula is C17H28N2O. The maximum absolute atomic E-state index is 5.68. The molecule has 3 heteroatoms. The van der Waals surface area contributed by atoms with Gasteiger partial charge in [0.2, 0.25) is 0 Å². The SMILES string of the molecule is CCCOc1cccc(CCCCN2CCNCC2)c1. The molecule has 0 spiro atoms. The summed E-state index contributed by atoms with van der Waals surface area (Å²) in [6.07, 6.45) is 4.78. The molecule has 3 nitrogen and oxygen atoms in total. The Morgan fingerprint density at radius 2 is 2.05 bits per heavy atom. The third-order valence-electron chi connectivity index (χ3n) is 3.77. The molecule has 1 saturated heterocycles. The maximum Gasteiger partial charge on any atom is 0.119 e. The summed E-state index contributed by atoms with van der Waals surface area (Å²) in [6, 6.07) is 8.57. The lowest BCUT2D eigenvalue weighted by atomic mass is 10.1. The first-order chi connectivity index (χ1) is 9.88. The van der Waals surface area contributed by atoms with Gasteiger partial charge in [-0.15, -0.1) is 0 Å². The highest BCUT2D eigenvalue weighted by atomic mass is 16.5. The third kappa shape index (κ3) is 5.51. The Bertz CT molecular complexity index is 375. The monoisotopic (exact) mass is 276 g/mol. The summed E-state index contributed by atoms with van der Waals surface area (Å²) in [6.45, 7) is 8.91. The van der Waals surface area contributed by atoms with Crippen molar-refractivity contribution in [2.75, 3.05) is 39.3 Å². The molecule has 0 aromatic heterocycles. The fraction of sp³-hybridized carbons (Fsp3) is 0.647. The molecular weight excluding hydrogens is 248 g/mol. The predicted molar refractivity (Wildman–Crippen MR) is 84.5 cm³/mol. The second-order valence-electron chi connectivity index (χ2n) is 5.54. The minimum Gasteiger partial charge on any atom is -0.494 e. The van der Waals surface area contributed by atoms with Gasteiger partial charge in [-0.05, 0) is 49.9 Å². The molecule has 0 amide bonds. The zero-order valence-corrected chi connectivity index (χ0v) is 12.7. The first-order valence-corrected chi connectivity index (χ1v) is 8.03. The van der Waals surface area contributed by atoms with Gasteiger partial charge in [0.1, 0.15) is 5.75 Å². The molecule has 0 atom stereocenters. The Kier molecular flexibility index (Phi) is 6.89. The van der Waals surface area contributed by atoms with Gasteiger partial charge in [-0.2, -0.15) is 0 Å². The number of ether oxygens (including phenoxy) is 1. The van der Waals surface area contributed by atoms with E-state index in [1.54, 1.807) is 0 Å². The molecule has 0 unspecified atom stereocenters. The number of unbranched alkanes of at least 4 members (excludes halogenated alkanes) is 1. The summed E-state index contributed by atoms with van der Waals surface area (Å²) in [5.41, 5.74) is 1.40. The van der Waals surface area contributed by atoms with Crippen molar-refractivity contribution in [2.45, 2.75) is 32.6 Å². The number of hydrogen-bond acceptors (Lipinski definition) is 3. The number of benzene rings is 1. The Hall–Kier alpha value is -1.06. The van der Waals surface area contributed by atoms with Gasteiger partial charge in [0.05, 0.1) is 6.61 Å². The van der Waals surface area contributed by atoms with E-state index in [1.807, 2.05) is 0 Å². The van der Waals surface area contributed by atoms with Crippen LogP contribution in [-0.4, -0.2) is 44.2 Å². The molecule has 1 aromatic rings. The molecule has 0 aliphatic carbocycles. The van der Waals surface area contributed by atoms with Crippen LogP contribution in [0.1, 0.15) is 31.7 Å². The molecule has 1 heterocycles. The van der Waals surface area contributed by atoms with Crippen LogP contribution in [0, 0.1) is 0 Å². The highest BCUT2D eigenvalue weighted by Gasteiger charge is 2.08. The van der Waals surface area contributed by atoms with Crippen LogP contribution in [0.2, 0.25) is 0 Å². The molecule has 0 radical (unpaired) electrons. The van der Waals surface area contributed by atoms with Crippen molar-refractivity contribution in [3.05, 3.63) is 29.8 Å². The van der Waals surface area contributed by atoms with E-state index in [0.717, 1.165) is 38.3 Å². The lowest BCUT2D eigenvalue weighted by molar-refractivity contribution is 0.237. The summed E-state index contributed by atoms with van der Waals surface area (Å²) < 4.78 is 5.68. The van der Waals surface area contributed by atoms with Crippen LogP contribution in [0.5, 0.6) is 5.75 Å². The number of aryl methyl sites for hydroxylation is 1. The number of nitrogens with one attached hydrogen (secondary N) is 1. The summed E-state index contributed by atoms with van der Waals surface area (Å²) in [4.78, 5) is 2.57. The van der Waals surface area contributed by atoms with E-state index in [2.05, 4.69) is 41.4 Å². The number of piperazine rings is 1. The largest absolute Gasteiger partial charge is 0.494 e. The van der Waals surface area contributed by atoms with Crippen molar-refractivity contribution in [2.24, 2.45) is 0 Å². The van der Waals surface area contributed by atoms with Crippen molar-refractivity contribution < 1.29 is 4.74 Å². The second-order valence-corrected chi connectivity index (χ2v) is 5.54. The van der Waals surface area contributed by atoms with Gasteiger partial charge in [0.25, 0.3) is 0 Å². The van der Waals surface area contributed by atoms with Crippen LogP contribution < -0.4 is 10.1 Å². The Balaban J connectivity index is 1.65. The average molecular weight is 276 g/mol. The fourth-order valence-corrected chi connectivity index (χ4v) is 2.61. The smallest absolute Gasteiger partial charge is 0.119 e. The lowest BCUT2D eigenvalue weighted by Gasteiger charge is -2.27. The van der Waals surface area contributed by atoms with Crippen molar-refractivity contribution in [3.8, 4) is 5.75 Å². The highest BCUT2D eigenvalue weighted by Crippen LogP contribution is 2.15. The van der Waals surface area contributed by atoms with Gasteiger partial charge in [0, 0.05) is 26.2 Å². The van der Waals surface area contributed by atoms with E-state index >= 15 is 0 Å². The van der Waals surface area contributed by atoms with Crippen molar-refractivity contribution in [3.63, 3.8) is 0 Å². The molecule has 1 aliphatic heterocycles. The zero-order valence-electron chi connectivity index (χ0n) is 12.7. The van der Waals surface area contributed by atoms with Gasteiger partial charge < -0.3 is 15.0 Å². The van der Waals surface area contributed by atoms with E-state index in [4.69, 9.17) is 4.74 Å². The Labute approximate surface area is 123 Å². The first-order valence-electron chi connectivity index (χ1n) is 8.03. The molecule has 1 aromatic carbocycles. The Morgan fingerprint density at radius 3 is 2.85 bits per heavy atom. The lowest BCUT2D eigenvalue weighted by Crippen LogP contribution is -2.43. The fourth-order valence-electron chi connectivity index (χ4n) is 2.61. The van der Waals surface area contributed by atoms with E-state index in [1.165, 1.54) is 38.0 Å². The number of rotatable bonds is 8. The molecule has 0 bridgehead atoms. The summed E-state index contributed by atoms with van der Waals surface area (Å²) in [7, 11) is 0. The van der Waals surface area contributed by atoms with Crippen LogP contribution in [-0.2, 0) is 6.42 Å². The molecule has 112 valence electrons. The van der Waals surface area contributed by atoms with Gasteiger partial charge in [0.15, 0.2) is 0 Å². The molecule has 0 saturated carbocycles. The summed E-state index contributed by atoms with van der Waals surface area (Å²) >= 11 is 0. The average Bonchev–Trinajstić information content (AvgIpc) is 2.51. The molecule has 1 N–H and O–H groups in total. The number of nitrogens with zero attached hydrogens (tertiary/aromatic N) is 1.